The molecule has 4 rings (SSSR count). The number of nitrogens with zero attached hydrogens (tertiary/aromatic N) is 1. The summed E-state index contributed by atoms with van der Waals surface area (Å²) in [6, 6.07) is 8.35. The van der Waals surface area contributed by atoms with Gasteiger partial charge in [0.15, 0.2) is 11.6 Å². The van der Waals surface area contributed by atoms with Crippen molar-refractivity contribution in [2.24, 2.45) is 0 Å². The minimum atomic E-state index is -1.08. The molecule has 3 N–H and O–H groups in total. The van der Waals surface area contributed by atoms with Crippen molar-refractivity contribution in [2.75, 3.05) is 5.32 Å². The molecule has 1 unspecified atom stereocenters. The van der Waals surface area contributed by atoms with E-state index in [4.69, 9.17) is 0 Å². The van der Waals surface area contributed by atoms with Crippen LogP contribution in [0.3, 0.4) is 0 Å². The molecule has 1 saturated heterocycles. The van der Waals surface area contributed by atoms with Gasteiger partial charge >= 0.3 is 6.03 Å². The van der Waals surface area contributed by atoms with E-state index in [0.29, 0.717) is 16.3 Å². The van der Waals surface area contributed by atoms with Gasteiger partial charge in [-0.1, -0.05) is 12.1 Å². The fraction of sp³-hybridized carbons (Fsp3) is 0.182. The van der Waals surface area contributed by atoms with Crippen LogP contribution in [0.1, 0.15) is 24.4 Å². The normalized spacial score (nSPS) is 16.0. The summed E-state index contributed by atoms with van der Waals surface area (Å²) < 4.78 is 27.5. The maximum absolute atomic E-state index is 13.3. The summed E-state index contributed by atoms with van der Waals surface area (Å²) in [6.07, 6.45) is 1.91. The number of pyridine rings is 1. The number of anilines is 1. The van der Waals surface area contributed by atoms with Crippen molar-refractivity contribution in [3.8, 4) is 0 Å². The molecular formula is C22H18F2N4O4. The van der Waals surface area contributed by atoms with Crippen LogP contribution in [0.2, 0.25) is 0 Å². The third kappa shape index (κ3) is 4.34. The predicted molar refractivity (Wildman–Crippen MR) is 112 cm³/mol. The first-order valence-corrected chi connectivity index (χ1v) is 9.79. The number of piperidine rings is 1. The van der Waals surface area contributed by atoms with Gasteiger partial charge in [-0.15, -0.1) is 0 Å². The molecule has 1 fully saturated rings. The molecule has 0 radical (unpaired) electrons. The Morgan fingerprint density at radius 3 is 2.62 bits per heavy atom. The first-order valence-electron chi connectivity index (χ1n) is 9.79. The average molecular weight is 440 g/mol. The molecule has 10 heteroatoms. The zero-order valence-electron chi connectivity index (χ0n) is 16.7. The number of carbonyl (C=O) groups excluding carboxylic acids is 3. The van der Waals surface area contributed by atoms with Crippen molar-refractivity contribution in [1.82, 2.24) is 15.2 Å². The lowest BCUT2D eigenvalue weighted by Gasteiger charge is -2.23. The summed E-state index contributed by atoms with van der Waals surface area (Å²) in [4.78, 5) is 48.5. The van der Waals surface area contributed by atoms with Gasteiger partial charge in [0.05, 0.1) is 0 Å². The van der Waals surface area contributed by atoms with E-state index in [1.165, 1.54) is 16.8 Å². The molecule has 1 aliphatic heterocycles. The smallest absolute Gasteiger partial charge is 0.319 e. The Morgan fingerprint density at radius 2 is 1.88 bits per heavy atom. The number of benzene rings is 2. The van der Waals surface area contributed by atoms with Crippen molar-refractivity contribution < 1.29 is 23.2 Å². The highest BCUT2D eigenvalue weighted by atomic mass is 19.2. The van der Waals surface area contributed by atoms with E-state index in [1.54, 1.807) is 24.3 Å². The van der Waals surface area contributed by atoms with Gasteiger partial charge in [-0.05, 0) is 41.6 Å². The topological polar surface area (TPSA) is 109 Å². The second kappa shape index (κ2) is 8.58. The number of urea groups is 1. The number of halogens is 2. The molecule has 0 bridgehead atoms. The van der Waals surface area contributed by atoms with Crippen LogP contribution in [0.5, 0.6) is 0 Å². The lowest BCUT2D eigenvalue weighted by atomic mass is 10.0. The highest BCUT2D eigenvalue weighted by Gasteiger charge is 2.28. The van der Waals surface area contributed by atoms with Gasteiger partial charge in [0.2, 0.25) is 11.8 Å². The quantitative estimate of drug-likeness (QED) is 0.542. The largest absolute Gasteiger partial charge is 0.334 e. The molecule has 2 aromatic carbocycles. The molecule has 3 aromatic rings. The van der Waals surface area contributed by atoms with E-state index in [-0.39, 0.29) is 36.5 Å². The summed E-state index contributed by atoms with van der Waals surface area (Å²) in [7, 11) is 0. The number of imide groups is 1. The molecule has 164 valence electrons. The van der Waals surface area contributed by atoms with Crippen LogP contribution in [0.15, 0.2) is 53.5 Å². The lowest BCUT2D eigenvalue weighted by Crippen LogP contribution is -2.44. The SMILES string of the molecule is O=C1CCC(n2ccc3ccc(CNC(=O)Nc4ccc(F)c(F)c4)cc3c2=O)C(=O)N1. The fourth-order valence-electron chi connectivity index (χ4n) is 3.54. The molecule has 4 amide bonds. The third-order valence-electron chi connectivity index (χ3n) is 5.17. The second-order valence-corrected chi connectivity index (χ2v) is 7.35. The monoisotopic (exact) mass is 440 g/mol. The Balaban J connectivity index is 1.50. The minimum Gasteiger partial charge on any atom is -0.334 e. The maximum atomic E-state index is 13.3. The van der Waals surface area contributed by atoms with Gasteiger partial charge in [0.1, 0.15) is 6.04 Å². The number of aromatic nitrogens is 1. The Bertz CT molecular complexity index is 1300. The van der Waals surface area contributed by atoms with Crippen LogP contribution in [0, 0.1) is 11.6 Å². The van der Waals surface area contributed by atoms with Crippen molar-refractivity contribution in [3.63, 3.8) is 0 Å². The molecule has 1 aromatic heterocycles. The summed E-state index contributed by atoms with van der Waals surface area (Å²) in [6.45, 7) is 0.0677. The van der Waals surface area contributed by atoms with Crippen molar-refractivity contribution in [3.05, 3.63) is 76.2 Å². The highest BCUT2D eigenvalue weighted by Crippen LogP contribution is 2.19. The summed E-state index contributed by atoms with van der Waals surface area (Å²) in [5.74, 6) is -2.98. The highest BCUT2D eigenvalue weighted by molar-refractivity contribution is 5.99. The van der Waals surface area contributed by atoms with Crippen LogP contribution in [0.25, 0.3) is 10.8 Å². The zero-order chi connectivity index (χ0) is 22.8. The Labute approximate surface area is 180 Å². The van der Waals surface area contributed by atoms with Gasteiger partial charge in [-0.3, -0.25) is 19.7 Å². The number of rotatable bonds is 4. The van der Waals surface area contributed by atoms with Gasteiger partial charge in [0.25, 0.3) is 5.56 Å². The third-order valence-corrected chi connectivity index (χ3v) is 5.17. The van der Waals surface area contributed by atoms with E-state index in [2.05, 4.69) is 16.0 Å². The molecule has 32 heavy (non-hydrogen) atoms. The number of fused-ring (bicyclic) bond motifs is 1. The van der Waals surface area contributed by atoms with E-state index >= 15 is 0 Å². The molecular weight excluding hydrogens is 422 g/mol. The van der Waals surface area contributed by atoms with E-state index in [9.17, 15) is 28.0 Å². The summed E-state index contributed by atoms with van der Waals surface area (Å²) in [5, 5.41) is 8.23. The number of nitrogens with one attached hydrogen (secondary N) is 3. The van der Waals surface area contributed by atoms with Gasteiger partial charge < -0.3 is 15.2 Å². The number of amides is 4. The number of hydrogen-bond donors (Lipinski definition) is 3. The zero-order valence-corrected chi connectivity index (χ0v) is 16.7. The van der Waals surface area contributed by atoms with Crippen LogP contribution < -0.4 is 21.5 Å². The van der Waals surface area contributed by atoms with Crippen LogP contribution >= 0.6 is 0 Å². The maximum Gasteiger partial charge on any atom is 0.319 e. The molecule has 0 spiro atoms. The second-order valence-electron chi connectivity index (χ2n) is 7.35. The summed E-state index contributed by atoms with van der Waals surface area (Å²) in [5.41, 5.74) is 0.327. The predicted octanol–water partition coefficient (Wildman–Crippen LogP) is 2.58. The Morgan fingerprint density at radius 1 is 1.06 bits per heavy atom. The first kappa shape index (κ1) is 21.2. The lowest BCUT2D eigenvalue weighted by molar-refractivity contribution is -0.135. The van der Waals surface area contributed by atoms with Crippen LogP contribution in [-0.2, 0) is 16.1 Å². The Kier molecular flexibility index (Phi) is 5.67. The van der Waals surface area contributed by atoms with Gasteiger partial charge in [-0.2, -0.15) is 0 Å². The van der Waals surface area contributed by atoms with Crippen LogP contribution in [-0.4, -0.2) is 22.4 Å². The van der Waals surface area contributed by atoms with E-state index in [0.717, 1.165) is 12.1 Å². The van der Waals surface area contributed by atoms with Crippen LogP contribution in [0.4, 0.5) is 19.3 Å². The van der Waals surface area contributed by atoms with E-state index in [1.807, 2.05) is 0 Å². The van der Waals surface area contributed by atoms with Gasteiger partial charge in [0, 0.05) is 36.3 Å². The molecule has 8 nitrogen and oxygen atoms in total. The fourth-order valence-corrected chi connectivity index (χ4v) is 3.54. The molecule has 1 atom stereocenters. The molecule has 0 aliphatic carbocycles. The molecule has 1 aliphatic rings. The van der Waals surface area contributed by atoms with Gasteiger partial charge in [-0.25, -0.2) is 13.6 Å². The standard InChI is InChI=1S/C22H18F2N4O4/c23-16-4-3-14(10-17(16)24)26-22(32)25-11-12-1-2-13-7-8-28(21(31)15(13)9-12)18-5-6-19(29)27-20(18)30/h1-4,7-10,18H,5-6,11H2,(H2,25,26,32)(H,27,29,30). The van der Waals surface area contributed by atoms with Crippen molar-refractivity contribution in [1.29, 1.82) is 0 Å². The Hall–Kier alpha value is -4.08. The van der Waals surface area contributed by atoms with Crippen molar-refractivity contribution >= 4 is 34.3 Å². The number of carbonyl (C=O) groups is 3. The first-order chi connectivity index (χ1) is 15.3. The van der Waals surface area contributed by atoms with E-state index < -0.39 is 29.6 Å². The summed E-state index contributed by atoms with van der Waals surface area (Å²) >= 11 is 0. The average Bonchev–Trinajstić information content (AvgIpc) is 2.76. The minimum absolute atomic E-state index is 0.0677. The van der Waals surface area contributed by atoms with Crippen molar-refractivity contribution in [2.45, 2.75) is 25.4 Å². The molecule has 0 saturated carbocycles. The molecule has 2 heterocycles. The number of hydrogen-bond acceptors (Lipinski definition) is 4.